The van der Waals surface area contributed by atoms with Gasteiger partial charge >= 0.3 is 5.97 Å². The van der Waals surface area contributed by atoms with Crippen molar-refractivity contribution in [3.8, 4) is 0 Å². The predicted octanol–water partition coefficient (Wildman–Crippen LogP) is -0.367. The Hall–Kier alpha value is -2.40. The lowest BCUT2D eigenvalue weighted by atomic mass is 9.96. The second-order valence-corrected chi connectivity index (χ2v) is 9.39. The summed E-state index contributed by atoms with van der Waals surface area (Å²) in [7, 11) is 1.15. The Balaban J connectivity index is 1.30. The summed E-state index contributed by atoms with van der Waals surface area (Å²) >= 11 is 0. The van der Waals surface area contributed by atoms with E-state index < -0.39 is 79.5 Å². The summed E-state index contributed by atoms with van der Waals surface area (Å²) in [5.41, 5.74) is 9.55. The molecule has 0 aliphatic carbocycles. The third kappa shape index (κ3) is 4.99. The van der Waals surface area contributed by atoms with Gasteiger partial charge in [-0.3, -0.25) is 0 Å². The van der Waals surface area contributed by atoms with Crippen molar-refractivity contribution >= 4 is 5.97 Å². The van der Waals surface area contributed by atoms with Crippen molar-refractivity contribution in [2.75, 3.05) is 20.3 Å². The van der Waals surface area contributed by atoms with E-state index >= 15 is 0 Å². The number of esters is 1. The highest BCUT2D eigenvalue weighted by atomic mass is 16.9. The number of nitrogens with zero attached hydrogens (tertiary/aromatic N) is 3. The van der Waals surface area contributed by atoms with Crippen molar-refractivity contribution in [1.82, 2.24) is 0 Å². The van der Waals surface area contributed by atoms with Gasteiger partial charge in [-0.2, -0.15) is 0 Å². The van der Waals surface area contributed by atoms with Crippen LogP contribution in [0.2, 0.25) is 0 Å². The first-order valence-corrected chi connectivity index (χ1v) is 12.0. The van der Waals surface area contributed by atoms with Crippen LogP contribution in [0.1, 0.15) is 18.8 Å². The number of carbonyl (C=O) groups is 1. The SMILES string of the molecule is COC(=O)C1(C)OC2C(O)[C@H](O[C@@H]3OC4COC(c5ccccc5)O[C@@H]4[C@H](O)C3O)[C@H](CN=[N+]=[N-])O[C@@H]2O1. The van der Waals surface area contributed by atoms with Gasteiger partial charge in [0.15, 0.2) is 18.9 Å². The number of benzene rings is 1. The molecule has 1 aromatic carbocycles. The van der Waals surface area contributed by atoms with E-state index in [0.29, 0.717) is 0 Å². The van der Waals surface area contributed by atoms with Crippen LogP contribution in [0.3, 0.4) is 0 Å². The third-order valence-corrected chi connectivity index (χ3v) is 6.90. The van der Waals surface area contributed by atoms with E-state index in [-0.39, 0.29) is 13.2 Å². The lowest BCUT2D eigenvalue weighted by Crippen LogP contribution is -2.65. The summed E-state index contributed by atoms with van der Waals surface area (Å²) in [6, 6.07) is 9.11. The molecule has 0 amide bonds. The van der Waals surface area contributed by atoms with E-state index in [4.69, 9.17) is 43.4 Å². The maximum Gasteiger partial charge on any atom is 0.366 e. The molecule has 0 aromatic heterocycles. The molecule has 38 heavy (non-hydrogen) atoms. The van der Waals surface area contributed by atoms with Crippen LogP contribution in [0.4, 0.5) is 0 Å². The van der Waals surface area contributed by atoms with Crippen LogP contribution in [-0.4, -0.2) is 109 Å². The summed E-state index contributed by atoms with van der Waals surface area (Å²) < 4.78 is 45.1. The van der Waals surface area contributed by atoms with Crippen molar-refractivity contribution in [3.63, 3.8) is 0 Å². The van der Waals surface area contributed by atoms with E-state index in [1.54, 1.807) is 0 Å². The number of hydrogen-bond donors (Lipinski definition) is 3. The van der Waals surface area contributed by atoms with Gasteiger partial charge in [-0.25, -0.2) is 4.79 Å². The Morgan fingerprint density at radius 2 is 1.87 bits per heavy atom. The van der Waals surface area contributed by atoms with Crippen LogP contribution >= 0.6 is 0 Å². The molecular weight excluding hydrogens is 510 g/mol. The fraction of sp³-hybridized carbons (Fsp3) is 0.696. The Morgan fingerprint density at radius 1 is 1.11 bits per heavy atom. The average Bonchev–Trinajstić information content (AvgIpc) is 3.29. The highest BCUT2D eigenvalue weighted by Crippen LogP contribution is 2.40. The van der Waals surface area contributed by atoms with Gasteiger partial charge in [0, 0.05) is 17.4 Å². The number of aliphatic hydroxyl groups excluding tert-OH is 3. The smallest absolute Gasteiger partial charge is 0.366 e. The molecule has 0 bridgehead atoms. The van der Waals surface area contributed by atoms with E-state index in [1.165, 1.54) is 6.92 Å². The zero-order chi connectivity index (χ0) is 27.0. The zero-order valence-corrected chi connectivity index (χ0v) is 20.5. The minimum Gasteiger partial charge on any atom is -0.465 e. The highest BCUT2D eigenvalue weighted by molar-refractivity contribution is 5.77. The van der Waals surface area contributed by atoms with E-state index in [9.17, 15) is 20.1 Å². The monoisotopic (exact) mass is 539 g/mol. The fourth-order valence-corrected chi connectivity index (χ4v) is 4.96. The highest BCUT2D eigenvalue weighted by Gasteiger charge is 2.60. The molecule has 1 aromatic rings. The molecule has 6 unspecified atom stereocenters. The number of azide groups is 1. The van der Waals surface area contributed by atoms with Crippen LogP contribution < -0.4 is 0 Å². The first-order valence-electron chi connectivity index (χ1n) is 12.0. The largest absolute Gasteiger partial charge is 0.465 e. The van der Waals surface area contributed by atoms with Gasteiger partial charge in [-0.15, -0.1) is 0 Å². The number of aliphatic hydroxyl groups is 3. The van der Waals surface area contributed by atoms with Gasteiger partial charge in [0.2, 0.25) is 0 Å². The first kappa shape index (κ1) is 27.2. The molecule has 15 heteroatoms. The molecule has 3 N–H and O–H groups in total. The molecule has 0 spiro atoms. The molecular formula is C23H29N3O12. The molecule has 208 valence electrons. The molecule has 4 fully saturated rings. The third-order valence-electron chi connectivity index (χ3n) is 6.90. The molecule has 4 heterocycles. The maximum absolute atomic E-state index is 12.2. The molecule has 4 aliphatic heterocycles. The summed E-state index contributed by atoms with van der Waals surface area (Å²) in [4.78, 5) is 14.9. The molecule has 5 rings (SSSR count). The van der Waals surface area contributed by atoms with Gasteiger partial charge in [-0.1, -0.05) is 35.4 Å². The van der Waals surface area contributed by atoms with E-state index in [2.05, 4.69) is 10.0 Å². The van der Waals surface area contributed by atoms with Crippen molar-refractivity contribution in [2.24, 2.45) is 5.11 Å². The molecule has 12 atom stereocenters. The molecule has 0 saturated carbocycles. The van der Waals surface area contributed by atoms with Crippen molar-refractivity contribution < 1.29 is 58.0 Å². The lowest BCUT2D eigenvalue weighted by molar-refractivity contribution is -0.379. The minimum absolute atomic E-state index is 0.0267. The number of carbonyl (C=O) groups excluding carboxylic acids is 1. The summed E-state index contributed by atoms with van der Waals surface area (Å²) in [5.74, 6) is -2.71. The second-order valence-electron chi connectivity index (χ2n) is 9.39. The van der Waals surface area contributed by atoms with E-state index in [0.717, 1.165) is 12.7 Å². The Morgan fingerprint density at radius 3 is 2.58 bits per heavy atom. The van der Waals surface area contributed by atoms with Crippen LogP contribution in [0.5, 0.6) is 0 Å². The Bertz CT molecular complexity index is 1040. The van der Waals surface area contributed by atoms with Crippen LogP contribution in [0.25, 0.3) is 10.4 Å². The van der Waals surface area contributed by atoms with Gasteiger partial charge < -0.3 is 53.2 Å². The van der Waals surface area contributed by atoms with Crippen LogP contribution in [0.15, 0.2) is 35.4 Å². The Labute approximate surface area is 216 Å². The quantitative estimate of drug-likeness (QED) is 0.184. The molecule has 4 saturated heterocycles. The zero-order valence-electron chi connectivity index (χ0n) is 20.5. The number of methoxy groups -OCH3 is 1. The minimum atomic E-state index is -1.86. The van der Waals surface area contributed by atoms with Crippen molar-refractivity contribution in [1.29, 1.82) is 0 Å². The second kappa shape index (κ2) is 11.0. The average molecular weight is 539 g/mol. The van der Waals surface area contributed by atoms with Gasteiger partial charge in [0.1, 0.15) is 42.7 Å². The molecule has 15 nitrogen and oxygen atoms in total. The van der Waals surface area contributed by atoms with Gasteiger partial charge in [0.05, 0.1) is 26.4 Å². The Kier molecular flexibility index (Phi) is 7.86. The van der Waals surface area contributed by atoms with Crippen LogP contribution in [-0.2, 0) is 42.7 Å². The van der Waals surface area contributed by atoms with Gasteiger partial charge in [0.25, 0.3) is 5.79 Å². The summed E-state index contributed by atoms with van der Waals surface area (Å²) in [5, 5.41) is 36.3. The first-order chi connectivity index (χ1) is 18.3. The molecule has 0 radical (unpaired) electrons. The number of fused-ring (bicyclic) bond motifs is 2. The fourth-order valence-electron chi connectivity index (χ4n) is 4.96. The predicted molar refractivity (Wildman–Crippen MR) is 121 cm³/mol. The normalized spacial score (nSPS) is 44.4. The topological polar surface area (TPSA) is 200 Å². The standard InChI is InChI=1S/C23H29N3O12/c1-23(22(30)31-2)37-18-15(29)16(11(8-25-26-24)33-21(18)38-23)36-20-14(28)13(27)17-12(34-20)9-32-19(35-17)10-6-4-3-5-7-10/h3-7,11-21,27-29H,8-9H2,1-2H3/t11-,12?,13+,14?,15?,16+,17-,18?,19?,20-,21+,23?/m0/s1. The number of ether oxygens (including phenoxy) is 8. The van der Waals surface area contributed by atoms with Crippen molar-refractivity contribution in [3.05, 3.63) is 46.3 Å². The van der Waals surface area contributed by atoms with Crippen molar-refractivity contribution in [2.45, 2.75) is 80.4 Å². The lowest BCUT2D eigenvalue weighted by Gasteiger charge is -2.48. The van der Waals surface area contributed by atoms with Gasteiger partial charge in [-0.05, 0) is 5.53 Å². The maximum atomic E-state index is 12.2. The van der Waals surface area contributed by atoms with E-state index in [1.807, 2.05) is 30.3 Å². The summed E-state index contributed by atoms with van der Waals surface area (Å²) in [6.07, 6.45) is -13.2. The van der Waals surface area contributed by atoms with Crippen LogP contribution in [0, 0.1) is 0 Å². The number of hydrogen-bond acceptors (Lipinski definition) is 13. The summed E-state index contributed by atoms with van der Waals surface area (Å²) in [6.45, 7) is 1.04. The molecule has 4 aliphatic rings. The number of rotatable bonds is 6.